The summed E-state index contributed by atoms with van der Waals surface area (Å²) < 4.78 is 23.1. The second-order valence-corrected chi connectivity index (χ2v) is 22.8. The van der Waals surface area contributed by atoms with Crippen LogP contribution >= 0.6 is 7.82 Å². The minimum absolute atomic E-state index is 0.0134. The van der Waals surface area contributed by atoms with Crippen LogP contribution in [0.1, 0.15) is 290 Å². The van der Waals surface area contributed by atoms with E-state index >= 15 is 0 Å². The predicted molar refractivity (Wildman–Crippen MR) is 289 cm³/mol. The number of allylic oxidation sites excluding steroid dienone is 4. The molecule has 0 aromatic carbocycles. The Bertz CT molecular complexity index is 1140. The normalized spacial score (nSPS) is 14.1. The van der Waals surface area contributed by atoms with Crippen molar-refractivity contribution in [1.82, 2.24) is 5.32 Å². The van der Waals surface area contributed by atoms with Crippen LogP contribution in [0.4, 0.5) is 0 Å². The summed E-state index contributed by atoms with van der Waals surface area (Å²) in [4.78, 5) is 25.1. The average Bonchev–Trinajstić information content (AvgIpc) is 3.29. The molecule has 2 N–H and O–H groups in total. The van der Waals surface area contributed by atoms with E-state index in [2.05, 4.69) is 43.5 Å². The van der Waals surface area contributed by atoms with Gasteiger partial charge in [0.1, 0.15) is 13.2 Å². The minimum atomic E-state index is -4.54. The number of carbonyl (C=O) groups is 1. The van der Waals surface area contributed by atoms with Gasteiger partial charge in [0.25, 0.3) is 7.82 Å². The zero-order valence-corrected chi connectivity index (χ0v) is 46.3. The molecule has 1 amide bonds. The highest BCUT2D eigenvalue weighted by Crippen LogP contribution is 2.38. The molecule has 0 radical (unpaired) electrons. The molecule has 0 fully saturated rings. The van der Waals surface area contributed by atoms with Gasteiger partial charge in [-0.2, -0.15) is 0 Å². The smallest absolute Gasteiger partial charge is 0.268 e. The van der Waals surface area contributed by atoms with Crippen LogP contribution in [-0.4, -0.2) is 68.5 Å². The number of nitrogens with zero attached hydrogens (tertiary/aromatic N) is 1. The number of unbranched alkanes of at least 4 members (excludes halogenated alkanes) is 37. The number of quaternary nitrogens is 1. The van der Waals surface area contributed by atoms with Gasteiger partial charge in [0, 0.05) is 6.42 Å². The number of carbonyl (C=O) groups excluding carboxylic acids is 1. The number of hydrogen-bond donors (Lipinski definition) is 2. The molecule has 3 unspecified atom stereocenters. The lowest BCUT2D eigenvalue weighted by atomic mass is 10.0. The lowest BCUT2D eigenvalue weighted by molar-refractivity contribution is -0.870. The van der Waals surface area contributed by atoms with Gasteiger partial charge < -0.3 is 28.8 Å². The zero-order chi connectivity index (χ0) is 49.2. The van der Waals surface area contributed by atoms with E-state index in [0.29, 0.717) is 23.9 Å². The molecule has 0 spiro atoms. The highest BCUT2D eigenvalue weighted by Gasteiger charge is 2.24. The summed E-state index contributed by atoms with van der Waals surface area (Å²) in [5.74, 6) is -0.169. The summed E-state index contributed by atoms with van der Waals surface area (Å²) in [6.07, 6.45) is 63.3. The van der Waals surface area contributed by atoms with E-state index in [9.17, 15) is 19.4 Å². The molecule has 0 aliphatic heterocycles. The van der Waals surface area contributed by atoms with Crippen LogP contribution in [0.3, 0.4) is 0 Å². The fourth-order valence-corrected chi connectivity index (χ4v) is 9.56. The number of hydrogen-bond acceptors (Lipinski definition) is 6. The molecule has 0 aromatic heterocycles. The Balaban J connectivity index is 3.58. The van der Waals surface area contributed by atoms with Gasteiger partial charge in [0.2, 0.25) is 5.91 Å². The van der Waals surface area contributed by atoms with Crippen LogP contribution in [0.25, 0.3) is 0 Å². The molecule has 0 aromatic rings. The Morgan fingerprint density at radius 3 is 1.24 bits per heavy atom. The van der Waals surface area contributed by atoms with E-state index in [1.165, 1.54) is 212 Å². The Morgan fingerprint density at radius 2 is 0.866 bits per heavy atom. The molecule has 8 nitrogen and oxygen atoms in total. The third kappa shape index (κ3) is 52.6. The number of aliphatic hydroxyl groups excluding tert-OH is 1. The van der Waals surface area contributed by atoms with Gasteiger partial charge >= 0.3 is 0 Å². The third-order valence-electron chi connectivity index (χ3n) is 13.4. The van der Waals surface area contributed by atoms with Gasteiger partial charge in [0.15, 0.2) is 0 Å². The number of phosphoric ester groups is 1. The maximum Gasteiger partial charge on any atom is 0.268 e. The molecular formula is C58H115N2O6P. The van der Waals surface area contributed by atoms with E-state index < -0.39 is 20.0 Å². The van der Waals surface area contributed by atoms with Gasteiger partial charge in [-0.1, -0.05) is 263 Å². The first kappa shape index (κ1) is 66.0. The number of aliphatic hydroxyl groups is 1. The molecule has 9 heteroatoms. The van der Waals surface area contributed by atoms with Crippen molar-refractivity contribution in [1.29, 1.82) is 0 Å². The van der Waals surface area contributed by atoms with Gasteiger partial charge in [0.05, 0.1) is 39.9 Å². The summed E-state index contributed by atoms with van der Waals surface area (Å²) in [6.45, 7) is 4.60. The Labute approximate surface area is 417 Å². The predicted octanol–water partition coefficient (Wildman–Crippen LogP) is 17.0. The van der Waals surface area contributed by atoms with Crippen LogP contribution in [0, 0.1) is 0 Å². The summed E-state index contributed by atoms with van der Waals surface area (Å²) in [7, 11) is 1.31. The van der Waals surface area contributed by atoms with Crippen molar-refractivity contribution in [3.05, 3.63) is 24.3 Å². The van der Waals surface area contributed by atoms with Gasteiger partial charge in [-0.25, -0.2) is 0 Å². The summed E-state index contributed by atoms with van der Waals surface area (Å²) in [5.41, 5.74) is 0. The van der Waals surface area contributed by atoms with Gasteiger partial charge in [-0.3, -0.25) is 9.36 Å². The molecule has 0 aliphatic rings. The average molecular weight is 968 g/mol. The summed E-state index contributed by atoms with van der Waals surface area (Å²) in [5, 5.41) is 13.7. The van der Waals surface area contributed by atoms with E-state index in [1.807, 2.05) is 21.1 Å². The molecule has 0 bridgehead atoms. The van der Waals surface area contributed by atoms with Crippen molar-refractivity contribution in [3.63, 3.8) is 0 Å². The van der Waals surface area contributed by atoms with Crippen molar-refractivity contribution in [2.45, 2.75) is 302 Å². The van der Waals surface area contributed by atoms with E-state index in [1.54, 1.807) is 0 Å². The standard InChI is InChI=1S/C58H115N2O6P/c1-6-8-10-12-13-14-15-16-17-18-19-20-21-22-23-24-25-26-27-28-29-30-31-32-33-34-35-36-37-38-39-40-41-42-43-44-45-46-47-48-50-52-58(62)59-56(57(61)51-49-11-9-7-2)55-66-67(63,64)65-54-53-60(3,4)5/h15-16,18-19,56-57,61H,6-14,17,20-55H2,1-5H3,(H-,59,62,63,64)/b16-15-,19-18-. The Hall–Kier alpha value is -1.02. The number of amides is 1. The molecular weight excluding hydrogens is 852 g/mol. The molecule has 0 saturated heterocycles. The monoisotopic (exact) mass is 967 g/mol. The molecule has 67 heavy (non-hydrogen) atoms. The van der Waals surface area contributed by atoms with Crippen LogP contribution in [0.5, 0.6) is 0 Å². The van der Waals surface area contributed by atoms with E-state index in [-0.39, 0.29) is 19.1 Å². The molecule has 0 saturated carbocycles. The van der Waals surface area contributed by atoms with Crippen molar-refractivity contribution >= 4 is 13.7 Å². The number of rotatable bonds is 54. The largest absolute Gasteiger partial charge is 0.756 e. The summed E-state index contributed by atoms with van der Waals surface area (Å²) >= 11 is 0. The van der Waals surface area contributed by atoms with Crippen LogP contribution in [0.15, 0.2) is 24.3 Å². The topological polar surface area (TPSA) is 108 Å². The van der Waals surface area contributed by atoms with Crippen molar-refractivity contribution < 1.29 is 32.9 Å². The first-order chi connectivity index (χ1) is 32.5. The zero-order valence-electron chi connectivity index (χ0n) is 45.4. The van der Waals surface area contributed by atoms with Crippen LogP contribution in [-0.2, 0) is 18.4 Å². The molecule has 0 rings (SSSR count). The quantitative estimate of drug-likeness (QED) is 0.0272. The van der Waals surface area contributed by atoms with Gasteiger partial charge in [-0.15, -0.1) is 0 Å². The first-order valence-corrected chi connectivity index (χ1v) is 30.6. The number of nitrogens with one attached hydrogen (secondary N) is 1. The maximum atomic E-state index is 12.8. The molecule has 0 heterocycles. The fraction of sp³-hybridized carbons (Fsp3) is 0.914. The third-order valence-corrected chi connectivity index (χ3v) is 14.4. The molecule has 398 valence electrons. The van der Waals surface area contributed by atoms with E-state index in [4.69, 9.17) is 9.05 Å². The maximum absolute atomic E-state index is 12.8. The van der Waals surface area contributed by atoms with Crippen LogP contribution < -0.4 is 10.2 Å². The fourth-order valence-electron chi connectivity index (χ4n) is 8.84. The molecule has 0 aliphatic carbocycles. The summed E-state index contributed by atoms with van der Waals surface area (Å²) in [6, 6.07) is -0.792. The highest BCUT2D eigenvalue weighted by atomic mass is 31.2. The molecule has 3 atom stereocenters. The SMILES string of the molecule is CCCCCCC/C=C\C/C=C\CCCCCCCCCCCCCCCCCCCCCCCCCCCCCCCC(=O)NC(COP(=O)([O-])OCC[N+](C)(C)C)C(O)CCCCCC. The van der Waals surface area contributed by atoms with Gasteiger partial charge in [-0.05, 0) is 44.9 Å². The first-order valence-electron chi connectivity index (χ1n) is 29.2. The van der Waals surface area contributed by atoms with Crippen molar-refractivity contribution in [2.24, 2.45) is 0 Å². The lowest BCUT2D eigenvalue weighted by Crippen LogP contribution is -2.46. The lowest BCUT2D eigenvalue weighted by Gasteiger charge is -2.30. The van der Waals surface area contributed by atoms with E-state index in [0.717, 1.165) is 51.4 Å². The highest BCUT2D eigenvalue weighted by molar-refractivity contribution is 7.45. The second kappa shape index (κ2) is 49.9. The number of phosphoric acid groups is 1. The number of likely N-dealkylation sites (N-methyl/N-ethyl adjacent to an activating group) is 1. The Kier molecular flexibility index (Phi) is 49.2. The van der Waals surface area contributed by atoms with Crippen molar-refractivity contribution in [3.8, 4) is 0 Å². The van der Waals surface area contributed by atoms with Crippen molar-refractivity contribution in [2.75, 3.05) is 40.9 Å². The second-order valence-electron chi connectivity index (χ2n) is 21.4. The van der Waals surface area contributed by atoms with Crippen LogP contribution in [0.2, 0.25) is 0 Å². The minimum Gasteiger partial charge on any atom is -0.756 e. The Morgan fingerprint density at radius 1 is 0.522 bits per heavy atom.